The molecule has 2 N–H and O–H groups in total. The summed E-state index contributed by atoms with van der Waals surface area (Å²) in [6, 6.07) is 14.8. The first-order valence-electron chi connectivity index (χ1n) is 9.24. The Labute approximate surface area is 164 Å². The summed E-state index contributed by atoms with van der Waals surface area (Å²) < 4.78 is 0. The number of aryl methyl sites for hydroxylation is 1. The number of unbranched alkanes of at least 4 members (excludes halogenated alkanes) is 3. The highest BCUT2D eigenvalue weighted by atomic mass is 35.5. The molecule has 0 saturated heterocycles. The van der Waals surface area contributed by atoms with Crippen LogP contribution in [0.3, 0.4) is 0 Å². The predicted molar refractivity (Wildman–Crippen MR) is 111 cm³/mol. The predicted octanol–water partition coefficient (Wildman–Crippen LogP) is 7.44. The monoisotopic (exact) mass is 382 g/mol. The van der Waals surface area contributed by atoms with Gasteiger partial charge in [-0.1, -0.05) is 74.2 Å². The van der Waals surface area contributed by atoms with Gasteiger partial charge in [-0.3, -0.25) is 0 Å². The second-order valence-electron chi connectivity index (χ2n) is 6.58. The number of fused-ring (bicyclic) bond motifs is 1. The van der Waals surface area contributed by atoms with Gasteiger partial charge >= 0.3 is 0 Å². The summed E-state index contributed by atoms with van der Waals surface area (Å²) in [6.45, 7) is 2.21. The van der Waals surface area contributed by atoms with Crippen molar-refractivity contribution < 1.29 is 10.2 Å². The van der Waals surface area contributed by atoms with E-state index in [-0.39, 0.29) is 22.2 Å². The molecule has 0 aliphatic heterocycles. The normalized spacial score (nSPS) is 11.5. The molecule has 140 valence electrons. The van der Waals surface area contributed by atoms with Gasteiger partial charge in [0.25, 0.3) is 0 Å². The topological polar surface area (TPSA) is 65.2 Å². The van der Waals surface area contributed by atoms with Crippen LogP contribution in [0.4, 0.5) is 11.4 Å². The number of nitrogens with zero attached hydrogens (tertiary/aromatic N) is 2. The fourth-order valence-electron chi connectivity index (χ4n) is 3.04. The summed E-state index contributed by atoms with van der Waals surface area (Å²) in [6.07, 6.45) is 6.01. The van der Waals surface area contributed by atoms with Gasteiger partial charge in [0.1, 0.15) is 10.8 Å². The van der Waals surface area contributed by atoms with Gasteiger partial charge in [-0.15, -0.1) is 5.11 Å². The van der Waals surface area contributed by atoms with Crippen LogP contribution in [0, 0.1) is 0 Å². The average molecular weight is 383 g/mol. The van der Waals surface area contributed by atoms with Crippen LogP contribution >= 0.6 is 11.6 Å². The molecule has 3 aromatic rings. The lowest BCUT2D eigenvalue weighted by Crippen LogP contribution is -1.84. The van der Waals surface area contributed by atoms with Gasteiger partial charge in [-0.2, -0.15) is 5.11 Å². The second kappa shape index (κ2) is 8.87. The molecule has 0 amide bonds. The van der Waals surface area contributed by atoms with Crippen LogP contribution in [-0.2, 0) is 6.42 Å². The third-order valence-corrected chi connectivity index (χ3v) is 4.96. The minimum absolute atomic E-state index is 0.0116. The Morgan fingerprint density at radius 2 is 1.48 bits per heavy atom. The van der Waals surface area contributed by atoms with E-state index in [1.807, 2.05) is 24.3 Å². The van der Waals surface area contributed by atoms with Crippen molar-refractivity contribution in [1.82, 2.24) is 0 Å². The summed E-state index contributed by atoms with van der Waals surface area (Å²) in [5, 5.41) is 29.9. The van der Waals surface area contributed by atoms with Crippen molar-refractivity contribution in [2.75, 3.05) is 0 Å². The molecule has 27 heavy (non-hydrogen) atoms. The molecule has 0 aliphatic rings. The van der Waals surface area contributed by atoms with Gasteiger partial charge in [0.2, 0.25) is 0 Å². The zero-order valence-electron chi connectivity index (χ0n) is 15.3. The van der Waals surface area contributed by atoms with Gasteiger partial charge in [-0.05, 0) is 30.5 Å². The maximum absolute atomic E-state index is 10.5. The van der Waals surface area contributed by atoms with Crippen LogP contribution in [0.5, 0.6) is 11.5 Å². The minimum Gasteiger partial charge on any atom is -0.506 e. The number of halogens is 1. The number of aromatic hydroxyl groups is 2. The highest BCUT2D eigenvalue weighted by Crippen LogP contribution is 2.47. The van der Waals surface area contributed by atoms with Gasteiger partial charge < -0.3 is 10.2 Å². The number of hydrogen-bond donors (Lipinski definition) is 2. The molecule has 0 bridgehead atoms. The highest BCUT2D eigenvalue weighted by molar-refractivity contribution is 6.36. The van der Waals surface area contributed by atoms with E-state index in [9.17, 15) is 10.2 Å². The van der Waals surface area contributed by atoms with Crippen molar-refractivity contribution in [3.63, 3.8) is 0 Å². The van der Waals surface area contributed by atoms with Crippen LogP contribution in [0.2, 0.25) is 5.02 Å². The number of rotatable bonds is 7. The Hall–Kier alpha value is -2.59. The Bertz CT molecular complexity index is 953. The fraction of sp³-hybridized carbons (Fsp3) is 0.273. The molecule has 0 aliphatic carbocycles. The molecular weight excluding hydrogens is 360 g/mol. The Morgan fingerprint density at radius 3 is 2.15 bits per heavy atom. The zero-order valence-corrected chi connectivity index (χ0v) is 16.1. The number of phenolic OH excluding ortho intramolecular Hbond substituents is 2. The van der Waals surface area contributed by atoms with Gasteiger partial charge in [-0.25, -0.2) is 0 Å². The molecule has 0 radical (unpaired) electrons. The Balaban J connectivity index is 1.80. The van der Waals surface area contributed by atoms with Crippen LogP contribution in [0.25, 0.3) is 10.8 Å². The molecule has 0 unspecified atom stereocenters. The van der Waals surface area contributed by atoms with Gasteiger partial charge in [0, 0.05) is 10.8 Å². The number of azo groups is 1. The standard InChI is InChI=1S/C22H23ClN2O2/c1-2-3-4-5-8-15-11-13-16(14-12-15)24-25-20-19(23)21(26)17-9-6-7-10-18(17)22(20)27/h6-7,9-14,26-27H,2-5,8H2,1H3. The first kappa shape index (κ1) is 19.2. The maximum Gasteiger partial charge on any atom is 0.152 e. The first-order valence-corrected chi connectivity index (χ1v) is 9.62. The summed E-state index contributed by atoms with van der Waals surface area (Å²) in [5.74, 6) is -0.203. The van der Waals surface area contributed by atoms with E-state index in [1.165, 1.54) is 31.2 Å². The van der Waals surface area contributed by atoms with E-state index in [4.69, 9.17) is 11.6 Å². The van der Waals surface area contributed by atoms with E-state index < -0.39 is 0 Å². The quantitative estimate of drug-likeness (QED) is 0.253. The third-order valence-electron chi connectivity index (χ3n) is 4.60. The SMILES string of the molecule is CCCCCCc1ccc(N=Nc2c(Cl)c(O)c3ccccc3c2O)cc1. The average Bonchev–Trinajstić information content (AvgIpc) is 2.70. The maximum atomic E-state index is 10.5. The second-order valence-corrected chi connectivity index (χ2v) is 6.96. The largest absolute Gasteiger partial charge is 0.506 e. The van der Waals surface area contributed by atoms with Crippen LogP contribution in [0.1, 0.15) is 38.2 Å². The molecule has 0 heterocycles. The molecule has 5 heteroatoms. The summed E-state index contributed by atoms with van der Waals surface area (Å²) in [4.78, 5) is 0. The van der Waals surface area contributed by atoms with E-state index >= 15 is 0 Å². The van der Waals surface area contributed by atoms with E-state index in [2.05, 4.69) is 17.2 Å². The summed E-state index contributed by atoms with van der Waals surface area (Å²) in [7, 11) is 0. The molecule has 0 atom stereocenters. The zero-order chi connectivity index (χ0) is 19.2. The number of benzene rings is 3. The Kier molecular flexibility index (Phi) is 6.30. The smallest absolute Gasteiger partial charge is 0.152 e. The van der Waals surface area contributed by atoms with Crippen molar-refractivity contribution in [3.05, 3.63) is 59.1 Å². The fourth-order valence-corrected chi connectivity index (χ4v) is 3.27. The highest BCUT2D eigenvalue weighted by Gasteiger charge is 2.17. The van der Waals surface area contributed by atoms with Gasteiger partial charge in [0.15, 0.2) is 11.4 Å². The Morgan fingerprint density at radius 1 is 0.815 bits per heavy atom. The molecule has 4 nitrogen and oxygen atoms in total. The van der Waals surface area contributed by atoms with Crippen molar-refractivity contribution in [2.24, 2.45) is 10.2 Å². The number of phenols is 2. The first-order chi connectivity index (χ1) is 13.1. The van der Waals surface area contributed by atoms with E-state index in [0.717, 1.165) is 6.42 Å². The van der Waals surface area contributed by atoms with Crippen molar-refractivity contribution in [2.45, 2.75) is 39.0 Å². The molecule has 0 saturated carbocycles. The molecular formula is C22H23ClN2O2. The van der Waals surface area contributed by atoms with E-state index in [0.29, 0.717) is 16.5 Å². The van der Waals surface area contributed by atoms with Crippen LogP contribution in [0.15, 0.2) is 58.8 Å². The molecule has 0 spiro atoms. The lowest BCUT2D eigenvalue weighted by atomic mass is 10.1. The van der Waals surface area contributed by atoms with Crippen LogP contribution < -0.4 is 0 Å². The third kappa shape index (κ3) is 4.40. The van der Waals surface area contributed by atoms with E-state index in [1.54, 1.807) is 24.3 Å². The lowest BCUT2D eigenvalue weighted by Gasteiger charge is -2.09. The van der Waals surface area contributed by atoms with Gasteiger partial charge in [0.05, 0.1) is 5.69 Å². The van der Waals surface area contributed by atoms with Crippen molar-refractivity contribution >= 4 is 33.7 Å². The van der Waals surface area contributed by atoms with Crippen LogP contribution in [-0.4, -0.2) is 10.2 Å². The van der Waals surface area contributed by atoms with Crippen molar-refractivity contribution in [3.8, 4) is 11.5 Å². The minimum atomic E-state index is -0.110. The molecule has 0 fully saturated rings. The van der Waals surface area contributed by atoms with Crippen molar-refractivity contribution in [1.29, 1.82) is 0 Å². The number of hydrogen-bond acceptors (Lipinski definition) is 4. The lowest BCUT2D eigenvalue weighted by molar-refractivity contribution is 0.470. The molecule has 0 aromatic heterocycles. The molecule has 3 rings (SSSR count). The molecule has 3 aromatic carbocycles. The summed E-state index contributed by atoms with van der Waals surface area (Å²) in [5.41, 5.74) is 2.00. The summed E-state index contributed by atoms with van der Waals surface area (Å²) >= 11 is 6.19.